The first-order valence-electron chi connectivity index (χ1n) is 5.83. The third-order valence-corrected chi connectivity index (χ3v) is 3.27. The van der Waals surface area contributed by atoms with E-state index in [-0.39, 0.29) is 0 Å². The molecule has 0 saturated heterocycles. The van der Waals surface area contributed by atoms with Gasteiger partial charge < -0.3 is 5.32 Å². The summed E-state index contributed by atoms with van der Waals surface area (Å²) in [7, 11) is 0. The first kappa shape index (κ1) is 11.9. The molecule has 0 radical (unpaired) electrons. The standard InChI is InChI=1S/C14H11ClN4/c1-9-13(15)17-8-18-14(9)19-11-4-5-12-10(7-11)3-2-6-16-12/h2-8H,1H3,(H,17,18,19). The summed E-state index contributed by atoms with van der Waals surface area (Å²) in [4.78, 5) is 12.4. The molecule has 0 aliphatic rings. The predicted molar refractivity (Wildman–Crippen MR) is 76.8 cm³/mol. The molecular weight excluding hydrogens is 260 g/mol. The molecule has 3 rings (SSSR count). The maximum atomic E-state index is 5.97. The monoisotopic (exact) mass is 270 g/mol. The Balaban J connectivity index is 1.99. The molecule has 0 amide bonds. The Bertz CT molecular complexity index is 742. The van der Waals surface area contributed by atoms with Crippen molar-refractivity contribution >= 4 is 34.0 Å². The fourth-order valence-corrected chi connectivity index (χ4v) is 1.98. The maximum absolute atomic E-state index is 5.97. The van der Waals surface area contributed by atoms with Gasteiger partial charge in [0.1, 0.15) is 17.3 Å². The van der Waals surface area contributed by atoms with E-state index >= 15 is 0 Å². The van der Waals surface area contributed by atoms with Gasteiger partial charge in [0, 0.05) is 22.8 Å². The summed E-state index contributed by atoms with van der Waals surface area (Å²) < 4.78 is 0. The molecule has 0 unspecified atom stereocenters. The van der Waals surface area contributed by atoms with Gasteiger partial charge in [-0.2, -0.15) is 0 Å². The number of halogens is 1. The molecule has 1 aromatic carbocycles. The number of pyridine rings is 1. The molecule has 0 spiro atoms. The lowest BCUT2D eigenvalue weighted by Gasteiger charge is -2.09. The summed E-state index contributed by atoms with van der Waals surface area (Å²) in [6.45, 7) is 1.88. The van der Waals surface area contributed by atoms with Gasteiger partial charge in [-0.1, -0.05) is 17.7 Å². The molecule has 4 nitrogen and oxygen atoms in total. The van der Waals surface area contributed by atoms with E-state index < -0.39 is 0 Å². The van der Waals surface area contributed by atoms with E-state index in [1.165, 1.54) is 6.33 Å². The molecule has 0 fully saturated rings. The van der Waals surface area contributed by atoms with Gasteiger partial charge in [-0.3, -0.25) is 4.98 Å². The number of nitrogens with zero attached hydrogens (tertiary/aromatic N) is 3. The molecule has 2 aromatic heterocycles. The normalized spacial score (nSPS) is 10.6. The van der Waals surface area contributed by atoms with E-state index in [1.807, 2.05) is 37.3 Å². The number of nitrogens with one attached hydrogen (secondary N) is 1. The molecule has 5 heteroatoms. The van der Waals surface area contributed by atoms with Crippen LogP contribution in [0.15, 0.2) is 42.9 Å². The van der Waals surface area contributed by atoms with Crippen LogP contribution in [-0.4, -0.2) is 15.0 Å². The fourth-order valence-electron chi connectivity index (χ4n) is 1.84. The van der Waals surface area contributed by atoms with E-state index in [1.54, 1.807) is 6.20 Å². The van der Waals surface area contributed by atoms with Crippen molar-refractivity contribution < 1.29 is 0 Å². The van der Waals surface area contributed by atoms with Crippen molar-refractivity contribution in [3.63, 3.8) is 0 Å². The molecule has 94 valence electrons. The van der Waals surface area contributed by atoms with E-state index in [2.05, 4.69) is 20.3 Å². The van der Waals surface area contributed by atoms with Gasteiger partial charge in [0.05, 0.1) is 5.52 Å². The Labute approximate surface area is 115 Å². The minimum Gasteiger partial charge on any atom is -0.340 e. The first-order valence-corrected chi connectivity index (χ1v) is 6.21. The zero-order valence-corrected chi connectivity index (χ0v) is 11.0. The van der Waals surface area contributed by atoms with Crippen LogP contribution in [0.2, 0.25) is 5.15 Å². The van der Waals surface area contributed by atoms with Crippen LogP contribution < -0.4 is 5.32 Å². The Morgan fingerprint density at radius 1 is 1.11 bits per heavy atom. The smallest absolute Gasteiger partial charge is 0.138 e. The van der Waals surface area contributed by atoms with Crippen LogP contribution in [0.5, 0.6) is 0 Å². The third kappa shape index (κ3) is 2.35. The molecule has 0 bridgehead atoms. The Morgan fingerprint density at radius 3 is 2.89 bits per heavy atom. The molecule has 3 aromatic rings. The van der Waals surface area contributed by atoms with Crippen LogP contribution in [0.3, 0.4) is 0 Å². The van der Waals surface area contributed by atoms with Crippen molar-refractivity contribution in [2.24, 2.45) is 0 Å². The van der Waals surface area contributed by atoms with Gasteiger partial charge in [-0.05, 0) is 31.2 Å². The second-order valence-corrected chi connectivity index (χ2v) is 4.53. The number of anilines is 2. The average molecular weight is 271 g/mol. The van der Waals surface area contributed by atoms with Crippen molar-refractivity contribution in [2.45, 2.75) is 6.92 Å². The lowest BCUT2D eigenvalue weighted by atomic mass is 10.2. The average Bonchev–Trinajstić information content (AvgIpc) is 2.44. The number of fused-ring (bicyclic) bond motifs is 1. The molecule has 0 aliphatic carbocycles. The summed E-state index contributed by atoms with van der Waals surface area (Å²) in [6, 6.07) is 9.89. The number of aromatic nitrogens is 3. The molecule has 2 heterocycles. The highest BCUT2D eigenvalue weighted by Crippen LogP contribution is 2.24. The number of hydrogen-bond acceptors (Lipinski definition) is 4. The van der Waals surface area contributed by atoms with E-state index in [9.17, 15) is 0 Å². The summed E-state index contributed by atoms with van der Waals surface area (Å²) in [6.07, 6.45) is 3.23. The fraction of sp³-hybridized carbons (Fsp3) is 0.0714. The van der Waals surface area contributed by atoms with Crippen LogP contribution in [0, 0.1) is 6.92 Å². The van der Waals surface area contributed by atoms with E-state index in [0.29, 0.717) is 11.0 Å². The lowest BCUT2D eigenvalue weighted by Crippen LogP contribution is -1.98. The van der Waals surface area contributed by atoms with Gasteiger partial charge >= 0.3 is 0 Å². The van der Waals surface area contributed by atoms with Gasteiger partial charge in [-0.25, -0.2) is 9.97 Å². The van der Waals surface area contributed by atoms with Crippen LogP contribution in [-0.2, 0) is 0 Å². The zero-order chi connectivity index (χ0) is 13.2. The second-order valence-electron chi connectivity index (χ2n) is 4.17. The zero-order valence-electron chi connectivity index (χ0n) is 10.3. The van der Waals surface area contributed by atoms with Crippen molar-refractivity contribution in [1.29, 1.82) is 0 Å². The molecular formula is C14H11ClN4. The van der Waals surface area contributed by atoms with Gasteiger partial charge in [0.25, 0.3) is 0 Å². The maximum Gasteiger partial charge on any atom is 0.138 e. The third-order valence-electron chi connectivity index (χ3n) is 2.89. The quantitative estimate of drug-likeness (QED) is 0.721. The van der Waals surface area contributed by atoms with Crippen LogP contribution in [0.1, 0.15) is 5.56 Å². The SMILES string of the molecule is Cc1c(Cl)ncnc1Nc1ccc2ncccc2c1. The van der Waals surface area contributed by atoms with E-state index in [4.69, 9.17) is 11.6 Å². The van der Waals surface area contributed by atoms with Gasteiger partial charge in [0.2, 0.25) is 0 Å². The Morgan fingerprint density at radius 2 is 2.00 bits per heavy atom. The van der Waals surface area contributed by atoms with Crippen LogP contribution >= 0.6 is 11.6 Å². The van der Waals surface area contributed by atoms with Crippen LogP contribution in [0.25, 0.3) is 10.9 Å². The predicted octanol–water partition coefficient (Wildman–Crippen LogP) is 3.73. The van der Waals surface area contributed by atoms with E-state index in [0.717, 1.165) is 22.2 Å². The molecule has 1 N–H and O–H groups in total. The van der Waals surface area contributed by atoms with Crippen molar-refractivity contribution in [2.75, 3.05) is 5.32 Å². The highest BCUT2D eigenvalue weighted by molar-refractivity contribution is 6.30. The minimum atomic E-state index is 0.458. The topological polar surface area (TPSA) is 50.7 Å². The number of benzene rings is 1. The first-order chi connectivity index (χ1) is 9.24. The van der Waals surface area contributed by atoms with Crippen molar-refractivity contribution in [3.8, 4) is 0 Å². The summed E-state index contributed by atoms with van der Waals surface area (Å²) >= 11 is 5.97. The lowest BCUT2D eigenvalue weighted by molar-refractivity contribution is 1.13. The molecule has 0 saturated carbocycles. The highest BCUT2D eigenvalue weighted by atomic mass is 35.5. The summed E-state index contributed by atoms with van der Waals surface area (Å²) in [5.41, 5.74) is 2.74. The van der Waals surface area contributed by atoms with Gasteiger partial charge in [0.15, 0.2) is 0 Å². The second kappa shape index (κ2) is 4.82. The molecule has 0 atom stereocenters. The molecule has 0 aliphatic heterocycles. The van der Waals surface area contributed by atoms with Crippen LogP contribution in [0.4, 0.5) is 11.5 Å². The Kier molecular flexibility index (Phi) is 3.01. The summed E-state index contributed by atoms with van der Waals surface area (Å²) in [5, 5.41) is 4.77. The van der Waals surface area contributed by atoms with Gasteiger partial charge in [-0.15, -0.1) is 0 Å². The highest BCUT2D eigenvalue weighted by Gasteiger charge is 2.05. The molecule has 19 heavy (non-hydrogen) atoms. The number of hydrogen-bond donors (Lipinski definition) is 1. The Hall–Kier alpha value is -2.20. The summed E-state index contributed by atoms with van der Waals surface area (Å²) in [5.74, 6) is 0.711. The van der Waals surface area contributed by atoms with Crippen molar-refractivity contribution in [1.82, 2.24) is 15.0 Å². The van der Waals surface area contributed by atoms with Crippen molar-refractivity contribution in [3.05, 3.63) is 53.6 Å². The minimum absolute atomic E-state index is 0.458. The largest absolute Gasteiger partial charge is 0.340 e. The number of rotatable bonds is 2.